The Kier molecular flexibility index (Phi) is 3.59. The van der Waals surface area contributed by atoms with Gasteiger partial charge in [-0.25, -0.2) is 13.8 Å². The van der Waals surface area contributed by atoms with Crippen LogP contribution in [0.25, 0.3) is 0 Å². The number of hydrogen-bond acceptors (Lipinski definition) is 4. The molecule has 0 aliphatic carbocycles. The Hall–Kier alpha value is -1.80. The number of rotatable bonds is 3. The highest BCUT2D eigenvalue weighted by atomic mass is 19.4. The van der Waals surface area contributed by atoms with Crippen LogP contribution in [0.15, 0.2) is 6.20 Å². The molecule has 0 aromatic carbocycles. The van der Waals surface area contributed by atoms with Crippen molar-refractivity contribution in [2.24, 2.45) is 0 Å². The molecule has 1 aromatic rings. The molecule has 1 heterocycles. The summed E-state index contributed by atoms with van der Waals surface area (Å²) in [4.78, 5) is 3.19. The number of pyridine rings is 1. The van der Waals surface area contributed by atoms with Gasteiger partial charge in [0, 0.05) is 0 Å². The van der Waals surface area contributed by atoms with Gasteiger partial charge in [0.15, 0.2) is 11.5 Å². The predicted molar refractivity (Wildman–Crippen MR) is 44.1 cm³/mol. The van der Waals surface area contributed by atoms with E-state index >= 15 is 0 Å². The Balaban J connectivity index is 3.27. The van der Waals surface area contributed by atoms with Crippen molar-refractivity contribution in [1.82, 2.24) is 4.98 Å². The molecule has 9 heteroatoms. The molecule has 0 unspecified atom stereocenters. The fourth-order valence-electron chi connectivity index (χ4n) is 1.05. The predicted octanol–water partition coefficient (Wildman–Crippen LogP) is 2.63. The molecule has 4 nitrogen and oxygen atoms in total. The molecule has 0 saturated carbocycles. The van der Waals surface area contributed by atoms with Crippen molar-refractivity contribution in [2.75, 3.05) is 7.11 Å². The summed E-state index contributed by atoms with van der Waals surface area (Å²) in [5.74, 6) is -3.08. The van der Waals surface area contributed by atoms with E-state index in [-0.39, 0.29) is 0 Å². The zero-order chi connectivity index (χ0) is 13.2. The van der Waals surface area contributed by atoms with E-state index in [0.717, 1.165) is 7.11 Å². The molecular weight excluding hydrogens is 253 g/mol. The van der Waals surface area contributed by atoms with Gasteiger partial charge in [-0.2, -0.15) is 0 Å². The average molecular weight is 259 g/mol. The number of methoxy groups -OCH3 is 1. The number of alkyl halides is 5. The maximum absolute atomic E-state index is 12.5. The smallest absolute Gasteiger partial charge is 0.503 e. The van der Waals surface area contributed by atoms with Crippen LogP contribution < -0.4 is 9.47 Å². The van der Waals surface area contributed by atoms with E-state index in [1.54, 1.807) is 0 Å². The first-order valence-electron chi connectivity index (χ1n) is 4.06. The minimum Gasteiger partial charge on any atom is -0.503 e. The molecule has 96 valence electrons. The van der Waals surface area contributed by atoms with E-state index in [9.17, 15) is 27.1 Å². The van der Waals surface area contributed by atoms with Crippen LogP contribution in [0.4, 0.5) is 22.0 Å². The number of aromatic nitrogens is 1. The SMILES string of the molecule is COc1ncc(OC(F)(F)F)c(C(F)F)c1O. The van der Waals surface area contributed by atoms with E-state index in [1.807, 2.05) is 0 Å². The molecule has 1 N–H and O–H groups in total. The van der Waals surface area contributed by atoms with Crippen molar-refractivity contribution >= 4 is 0 Å². The second-order valence-electron chi connectivity index (χ2n) is 2.74. The number of halogens is 5. The first-order chi connectivity index (χ1) is 7.76. The topological polar surface area (TPSA) is 51.6 Å². The van der Waals surface area contributed by atoms with Gasteiger partial charge < -0.3 is 14.6 Å². The quantitative estimate of drug-likeness (QED) is 0.848. The Morgan fingerprint density at radius 3 is 2.35 bits per heavy atom. The number of aromatic hydroxyl groups is 1. The summed E-state index contributed by atoms with van der Waals surface area (Å²) in [5.41, 5.74) is -1.32. The largest absolute Gasteiger partial charge is 0.573 e. The Bertz CT molecular complexity index is 407. The van der Waals surface area contributed by atoms with Gasteiger partial charge in [-0.1, -0.05) is 0 Å². The highest BCUT2D eigenvalue weighted by molar-refractivity contribution is 5.49. The first-order valence-corrected chi connectivity index (χ1v) is 4.06. The normalized spacial score (nSPS) is 11.7. The minimum absolute atomic E-state index is 0.396. The molecule has 17 heavy (non-hydrogen) atoms. The van der Waals surface area contributed by atoms with Gasteiger partial charge in [0.1, 0.15) is 5.56 Å². The summed E-state index contributed by atoms with van der Waals surface area (Å²) in [6.45, 7) is 0. The second-order valence-corrected chi connectivity index (χ2v) is 2.74. The minimum atomic E-state index is -5.16. The summed E-state index contributed by atoms with van der Waals surface area (Å²) in [7, 11) is 1.02. The number of nitrogens with zero attached hydrogens (tertiary/aromatic N) is 1. The van der Waals surface area contributed by atoms with Crippen LogP contribution in [0.1, 0.15) is 12.0 Å². The zero-order valence-corrected chi connectivity index (χ0v) is 8.26. The maximum atomic E-state index is 12.5. The van der Waals surface area contributed by atoms with Crippen LogP contribution in [0.3, 0.4) is 0 Å². The first kappa shape index (κ1) is 13.3. The number of hydrogen-bond donors (Lipinski definition) is 1. The summed E-state index contributed by atoms with van der Waals surface area (Å²) in [6, 6.07) is 0. The van der Waals surface area contributed by atoms with Crippen LogP contribution in [-0.2, 0) is 0 Å². The third kappa shape index (κ3) is 3.08. The highest BCUT2D eigenvalue weighted by Crippen LogP contribution is 2.42. The average Bonchev–Trinajstić information content (AvgIpc) is 2.14. The molecular formula is C8H6F5NO3. The lowest BCUT2D eigenvalue weighted by atomic mass is 10.2. The van der Waals surface area contributed by atoms with Gasteiger partial charge in [0.05, 0.1) is 13.3 Å². The summed E-state index contributed by atoms with van der Waals surface area (Å²) < 4.78 is 68.4. The molecule has 0 saturated heterocycles. The molecule has 0 atom stereocenters. The van der Waals surface area contributed by atoms with Crippen molar-refractivity contribution < 1.29 is 36.5 Å². The molecule has 0 bridgehead atoms. The van der Waals surface area contributed by atoms with Crippen LogP contribution in [-0.4, -0.2) is 23.6 Å². The van der Waals surface area contributed by atoms with Gasteiger partial charge in [-0.3, -0.25) is 0 Å². The standard InChI is InChI=1S/C8H6F5NO3/c1-16-7-5(15)4(6(9)10)3(2-14-7)17-8(11,12)13/h2,6,15H,1H3. The third-order valence-electron chi connectivity index (χ3n) is 1.66. The molecule has 0 aliphatic rings. The summed E-state index contributed by atoms with van der Waals surface area (Å²) in [5, 5.41) is 9.22. The fraction of sp³-hybridized carbons (Fsp3) is 0.375. The Morgan fingerprint density at radius 2 is 1.94 bits per heavy atom. The molecule has 0 radical (unpaired) electrons. The second kappa shape index (κ2) is 4.60. The van der Waals surface area contributed by atoms with Crippen molar-refractivity contribution in [3.8, 4) is 17.4 Å². The van der Waals surface area contributed by atoms with Crippen LogP contribution in [0.5, 0.6) is 17.4 Å². The van der Waals surface area contributed by atoms with E-state index < -0.39 is 35.7 Å². The Morgan fingerprint density at radius 1 is 1.35 bits per heavy atom. The van der Waals surface area contributed by atoms with E-state index in [0.29, 0.717) is 6.20 Å². The molecule has 1 rings (SSSR count). The lowest BCUT2D eigenvalue weighted by molar-refractivity contribution is -0.275. The van der Waals surface area contributed by atoms with Gasteiger partial charge in [-0.05, 0) is 0 Å². The summed E-state index contributed by atoms with van der Waals surface area (Å²) in [6.07, 6.45) is -8.14. The van der Waals surface area contributed by atoms with E-state index in [1.165, 1.54) is 0 Å². The highest BCUT2D eigenvalue weighted by Gasteiger charge is 2.35. The molecule has 0 amide bonds. The van der Waals surface area contributed by atoms with Crippen LogP contribution in [0, 0.1) is 0 Å². The van der Waals surface area contributed by atoms with Crippen molar-refractivity contribution in [2.45, 2.75) is 12.8 Å². The van der Waals surface area contributed by atoms with Gasteiger partial charge >= 0.3 is 6.36 Å². The maximum Gasteiger partial charge on any atom is 0.573 e. The molecule has 0 aliphatic heterocycles. The van der Waals surface area contributed by atoms with Gasteiger partial charge in [0.25, 0.3) is 12.3 Å². The van der Waals surface area contributed by atoms with Gasteiger partial charge in [-0.15, -0.1) is 13.2 Å². The van der Waals surface area contributed by atoms with Crippen molar-refractivity contribution in [3.63, 3.8) is 0 Å². The number of ether oxygens (including phenoxy) is 2. The lowest BCUT2D eigenvalue weighted by Crippen LogP contribution is -2.18. The molecule has 0 spiro atoms. The van der Waals surface area contributed by atoms with Crippen LogP contribution >= 0.6 is 0 Å². The van der Waals surface area contributed by atoms with Crippen molar-refractivity contribution in [3.05, 3.63) is 11.8 Å². The lowest BCUT2D eigenvalue weighted by Gasteiger charge is -2.14. The summed E-state index contributed by atoms with van der Waals surface area (Å²) >= 11 is 0. The molecule has 1 aromatic heterocycles. The molecule has 0 fully saturated rings. The van der Waals surface area contributed by atoms with Crippen LogP contribution in [0.2, 0.25) is 0 Å². The van der Waals surface area contributed by atoms with Crippen molar-refractivity contribution in [1.29, 1.82) is 0 Å². The van der Waals surface area contributed by atoms with E-state index in [2.05, 4.69) is 14.5 Å². The third-order valence-corrected chi connectivity index (χ3v) is 1.66. The zero-order valence-electron chi connectivity index (χ0n) is 8.26. The van der Waals surface area contributed by atoms with Gasteiger partial charge in [0.2, 0.25) is 0 Å². The van der Waals surface area contributed by atoms with E-state index in [4.69, 9.17) is 0 Å². The monoisotopic (exact) mass is 259 g/mol. The Labute approximate surface area is 91.6 Å². The fourth-order valence-corrected chi connectivity index (χ4v) is 1.05.